The number of carbonyl (C=O) groups excluding carboxylic acids is 3. The summed E-state index contributed by atoms with van der Waals surface area (Å²) in [5, 5.41) is 11.4. The summed E-state index contributed by atoms with van der Waals surface area (Å²) >= 11 is 0. The van der Waals surface area contributed by atoms with E-state index in [0.29, 0.717) is 0 Å². The van der Waals surface area contributed by atoms with Crippen LogP contribution in [0.4, 0.5) is 10.5 Å². The summed E-state index contributed by atoms with van der Waals surface area (Å²) in [4.78, 5) is 51.9. The van der Waals surface area contributed by atoms with Crippen LogP contribution in [-0.4, -0.2) is 60.4 Å². The predicted octanol–water partition coefficient (Wildman–Crippen LogP) is 2.28. The lowest BCUT2D eigenvalue weighted by molar-refractivity contribution is -0.137. The SMILES string of the molecule is COc1ccc(-c2ccccc2)cc1N(C(=O)NCCC(=O)O)[C@H]1C(=O)C=CN(C)C1=O. The first-order valence-corrected chi connectivity index (χ1v) is 9.84. The van der Waals surface area contributed by atoms with Crippen LogP contribution >= 0.6 is 0 Å². The van der Waals surface area contributed by atoms with Gasteiger partial charge < -0.3 is 20.1 Å². The number of carbonyl (C=O) groups is 4. The molecule has 9 nitrogen and oxygen atoms in total. The van der Waals surface area contributed by atoms with Crippen LogP contribution in [0.25, 0.3) is 11.1 Å². The van der Waals surface area contributed by atoms with E-state index in [0.717, 1.165) is 16.0 Å². The van der Waals surface area contributed by atoms with Gasteiger partial charge in [0, 0.05) is 25.9 Å². The number of benzene rings is 2. The number of ketones is 1. The van der Waals surface area contributed by atoms with Crippen molar-refractivity contribution >= 4 is 29.4 Å². The first-order chi connectivity index (χ1) is 15.3. The van der Waals surface area contributed by atoms with Gasteiger partial charge in [-0.3, -0.25) is 19.3 Å². The van der Waals surface area contributed by atoms with Crippen LogP contribution in [0.2, 0.25) is 0 Å². The molecule has 1 atom stereocenters. The summed E-state index contributed by atoms with van der Waals surface area (Å²) < 4.78 is 5.43. The highest BCUT2D eigenvalue weighted by molar-refractivity contribution is 6.19. The van der Waals surface area contributed by atoms with E-state index in [2.05, 4.69) is 5.32 Å². The summed E-state index contributed by atoms with van der Waals surface area (Å²) in [6, 6.07) is 12.2. The van der Waals surface area contributed by atoms with E-state index < -0.39 is 29.7 Å². The zero-order valence-electron chi connectivity index (χ0n) is 17.6. The van der Waals surface area contributed by atoms with Gasteiger partial charge in [0.25, 0.3) is 5.91 Å². The van der Waals surface area contributed by atoms with Gasteiger partial charge in [-0.25, -0.2) is 4.79 Å². The number of likely N-dealkylation sites (N-methyl/N-ethyl adjacent to an activating group) is 1. The molecule has 3 rings (SSSR count). The Kier molecular flexibility index (Phi) is 6.89. The molecule has 166 valence electrons. The molecule has 0 fully saturated rings. The normalized spacial score (nSPS) is 15.4. The topological polar surface area (TPSA) is 116 Å². The number of carboxylic acids is 1. The monoisotopic (exact) mass is 437 g/mol. The average Bonchev–Trinajstić information content (AvgIpc) is 2.79. The van der Waals surface area contributed by atoms with Crippen LogP contribution < -0.4 is 15.0 Å². The van der Waals surface area contributed by atoms with Crippen molar-refractivity contribution in [2.45, 2.75) is 12.5 Å². The highest BCUT2D eigenvalue weighted by Crippen LogP contribution is 2.35. The Bertz CT molecular complexity index is 1070. The van der Waals surface area contributed by atoms with Crippen molar-refractivity contribution in [1.29, 1.82) is 0 Å². The van der Waals surface area contributed by atoms with Gasteiger partial charge in [-0.1, -0.05) is 36.4 Å². The van der Waals surface area contributed by atoms with E-state index in [9.17, 15) is 19.2 Å². The van der Waals surface area contributed by atoms with E-state index >= 15 is 0 Å². The van der Waals surface area contributed by atoms with Gasteiger partial charge in [0.05, 0.1) is 19.2 Å². The number of urea groups is 1. The third-order valence-corrected chi connectivity index (χ3v) is 4.95. The summed E-state index contributed by atoms with van der Waals surface area (Å²) in [5.41, 5.74) is 1.81. The van der Waals surface area contributed by atoms with E-state index in [-0.39, 0.29) is 24.4 Å². The van der Waals surface area contributed by atoms with E-state index in [4.69, 9.17) is 9.84 Å². The van der Waals surface area contributed by atoms with Crippen LogP contribution in [-0.2, 0) is 14.4 Å². The number of methoxy groups -OCH3 is 1. The molecule has 1 heterocycles. The Morgan fingerprint density at radius 2 is 1.84 bits per heavy atom. The molecule has 0 bridgehead atoms. The lowest BCUT2D eigenvalue weighted by Crippen LogP contribution is -2.57. The highest BCUT2D eigenvalue weighted by Gasteiger charge is 2.40. The Balaban J connectivity index is 2.11. The van der Waals surface area contributed by atoms with E-state index in [1.165, 1.54) is 31.3 Å². The Morgan fingerprint density at radius 3 is 2.50 bits per heavy atom. The molecule has 0 spiro atoms. The van der Waals surface area contributed by atoms with E-state index in [1.807, 2.05) is 30.3 Å². The molecule has 1 aliphatic rings. The quantitative estimate of drug-likeness (QED) is 0.642. The zero-order chi connectivity index (χ0) is 23.3. The number of nitrogens with zero attached hydrogens (tertiary/aromatic N) is 2. The van der Waals surface area contributed by atoms with Gasteiger partial charge in [0.2, 0.25) is 0 Å². The highest BCUT2D eigenvalue weighted by atomic mass is 16.5. The Hall–Kier alpha value is -4.14. The van der Waals surface area contributed by atoms with E-state index in [1.54, 1.807) is 18.2 Å². The van der Waals surface area contributed by atoms with Gasteiger partial charge in [0.1, 0.15) is 5.75 Å². The standard InChI is InChI=1S/C23H23N3O6/c1-25-13-11-18(27)21(22(25)30)26(23(31)24-12-10-20(28)29)17-14-16(8-9-19(17)32-2)15-6-4-3-5-7-15/h3-9,11,13-14,21H,10,12H2,1-2H3,(H,24,31)(H,28,29)/t21-/m0/s1. The smallest absolute Gasteiger partial charge is 0.323 e. The molecule has 0 unspecified atom stereocenters. The van der Waals surface area contributed by atoms with Gasteiger partial charge in [-0.2, -0.15) is 0 Å². The molecule has 2 N–H and O–H groups in total. The Morgan fingerprint density at radius 1 is 1.12 bits per heavy atom. The van der Waals surface area contributed by atoms with Crippen molar-refractivity contribution in [3.63, 3.8) is 0 Å². The third-order valence-electron chi connectivity index (χ3n) is 4.95. The van der Waals surface area contributed by atoms with Crippen LogP contribution in [0.15, 0.2) is 60.8 Å². The second-order valence-corrected chi connectivity index (χ2v) is 7.07. The van der Waals surface area contributed by atoms with Crippen molar-refractivity contribution in [1.82, 2.24) is 10.2 Å². The molecule has 0 aliphatic carbocycles. The van der Waals surface area contributed by atoms with Crippen molar-refractivity contribution in [2.75, 3.05) is 25.6 Å². The summed E-state index contributed by atoms with van der Waals surface area (Å²) in [5.74, 6) is -1.99. The minimum atomic E-state index is -1.46. The van der Waals surface area contributed by atoms with Crippen LogP contribution in [0.5, 0.6) is 5.75 Å². The Labute approximate surface area is 184 Å². The third kappa shape index (κ3) is 4.77. The number of nitrogens with one attached hydrogen (secondary N) is 1. The van der Waals surface area contributed by atoms with Crippen molar-refractivity contribution in [3.05, 3.63) is 60.8 Å². The molecular formula is C23H23N3O6. The fourth-order valence-corrected chi connectivity index (χ4v) is 3.32. The van der Waals surface area contributed by atoms with Gasteiger partial charge in [-0.15, -0.1) is 0 Å². The molecule has 0 saturated heterocycles. The largest absolute Gasteiger partial charge is 0.495 e. The molecule has 1 aliphatic heterocycles. The zero-order valence-corrected chi connectivity index (χ0v) is 17.6. The molecule has 2 aromatic carbocycles. The van der Waals surface area contributed by atoms with Crippen molar-refractivity contribution in [3.8, 4) is 16.9 Å². The molecule has 32 heavy (non-hydrogen) atoms. The second-order valence-electron chi connectivity index (χ2n) is 7.07. The second kappa shape index (κ2) is 9.78. The number of hydrogen-bond acceptors (Lipinski definition) is 5. The number of carboxylic acid groups (broad SMARTS) is 1. The molecular weight excluding hydrogens is 414 g/mol. The van der Waals surface area contributed by atoms with Crippen LogP contribution in [0, 0.1) is 0 Å². The summed E-state index contributed by atoms with van der Waals surface area (Å²) in [6.45, 7) is -0.174. The first kappa shape index (κ1) is 22.5. The maximum atomic E-state index is 13.2. The molecule has 2 aromatic rings. The van der Waals surface area contributed by atoms with Gasteiger partial charge in [0.15, 0.2) is 11.8 Å². The summed E-state index contributed by atoms with van der Waals surface area (Å²) in [6.07, 6.45) is 2.24. The van der Waals surface area contributed by atoms with Crippen molar-refractivity contribution in [2.24, 2.45) is 0 Å². The minimum Gasteiger partial charge on any atom is -0.495 e. The fourth-order valence-electron chi connectivity index (χ4n) is 3.32. The lowest BCUT2D eigenvalue weighted by atomic mass is 10.0. The molecule has 3 amide bonds. The van der Waals surface area contributed by atoms with Gasteiger partial charge >= 0.3 is 12.0 Å². The maximum absolute atomic E-state index is 13.2. The average molecular weight is 437 g/mol. The molecule has 0 saturated carbocycles. The van der Waals surface area contributed by atoms with Crippen LogP contribution in [0.1, 0.15) is 6.42 Å². The maximum Gasteiger partial charge on any atom is 0.323 e. The minimum absolute atomic E-state index is 0.174. The predicted molar refractivity (Wildman–Crippen MR) is 117 cm³/mol. The van der Waals surface area contributed by atoms with Gasteiger partial charge in [-0.05, 0) is 23.3 Å². The molecule has 9 heteroatoms. The first-order valence-electron chi connectivity index (χ1n) is 9.84. The number of amides is 3. The fraction of sp³-hybridized carbons (Fsp3) is 0.217. The number of ether oxygens (including phenoxy) is 1. The number of aliphatic carboxylic acids is 1. The number of anilines is 1. The summed E-state index contributed by atoms with van der Waals surface area (Å²) in [7, 11) is 2.90. The lowest BCUT2D eigenvalue weighted by Gasteiger charge is -2.34. The number of rotatable bonds is 7. The van der Waals surface area contributed by atoms with Crippen LogP contribution in [0.3, 0.4) is 0 Å². The number of hydrogen-bond donors (Lipinski definition) is 2. The molecule has 0 radical (unpaired) electrons. The van der Waals surface area contributed by atoms with Crippen molar-refractivity contribution < 1.29 is 29.0 Å². The molecule has 0 aromatic heterocycles.